The maximum Gasteiger partial charge on any atom is 0.232 e. The molecule has 2 atom stereocenters. The highest BCUT2D eigenvalue weighted by Gasteiger charge is 2.34. The Morgan fingerprint density at radius 1 is 1.55 bits per heavy atom. The number of hydrogen-bond acceptors (Lipinski definition) is 2. The summed E-state index contributed by atoms with van der Waals surface area (Å²) in [7, 11) is 1.53. The Morgan fingerprint density at radius 2 is 2.09 bits per heavy atom. The SMILES string of the molecule is CC1C(=O)N(C)C(=O)CC1Br. The Balaban J connectivity index is 2.79. The molecule has 0 bridgehead atoms. The highest BCUT2D eigenvalue weighted by atomic mass is 79.9. The molecule has 1 saturated heterocycles. The van der Waals surface area contributed by atoms with Crippen LogP contribution >= 0.6 is 15.9 Å². The summed E-state index contributed by atoms with van der Waals surface area (Å²) in [5, 5.41) is 0. The van der Waals surface area contributed by atoms with E-state index >= 15 is 0 Å². The number of hydrogen-bond donors (Lipinski definition) is 0. The van der Waals surface area contributed by atoms with Crippen molar-refractivity contribution in [2.75, 3.05) is 7.05 Å². The lowest BCUT2D eigenvalue weighted by Gasteiger charge is -2.29. The van der Waals surface area contributed by atoms with Crippen LogP contribution in [0.4, 0.5) is 0 Å². The monoisotopic (exact) mass is 219 g/mol. The smallest absolute Gasteiger partial charge is 0.232 e. The van der Waals surface area contributed by atoms with Gasteiger partial charge in [0, 0.05) is 24.2 Å². The number of carbonyl (C=O) groups is 2. The Labute approximate surface area is 73.9 Å². The van der Waals surface area contributed by atoms with Crippen LogP contribution in [0.3, 0.4) is 0 Å². The lowest BCUT2D eigenvalue weighted by Crippen LogP contribution is -2.46. The van der Waals surface area contributed by atoms with Crippen molar-refractivity contribution < 1.29 is 9.59 Å². The first-order chi connectivity index (χ1) is 5.04. The van der Waals surface area contributed by atoms with Gasteiger partial charge in [0.1, 0.15) is 0 Å². The minimum Gasteiger partial charge on any atom is -0.285 e. The predicted octanol–water partition coefficient (Wildman–Crippen LogP) is 0.775. The van der Waals surface area contributed by atoms with E-state index in [9.17, 15) is 9.59 Å². The molecule has 0 aromatic heterocycles. The molecule has 11 heavy (non-hydrogen) atoms. The van der Waals surface area contributed by atoms with Crippen molar-refractivity contribution in [2.24, 2.45) is 5.92 Å². The number of nitrogens with zero attached hydrogens (tertiary/aromatic N) is 1. The van der Waals surface area contributed by atoms with E-state index in [1.807, 2.05) is 6.92 Å². The molecule has 0 radical (unpaired) electrons. The minimum atomic E-state index is -0.102. The van der Waals surface area contributed by atoms with Crippen LogP contribution in [0.25, 0.3) is 0 Å². The second-order valence-corrected chi connectivity index (χ2v) is 3.98. The van der Waals surface area contributed by atoms with Gasteiger partial charge in [-0.1, -0.05) is 22.9 Å². The molecule has 4 heteroatoms. The van der Waals surface area contributed by atoms with Gasteiger partial charge in [-0.05, 0) is 0 Å². The van der Waals surface area contributed by atoms with Crippen LogP contribution < -0.4 is 0 Å². The van der Waals surface area contributed by atoms with E-state index in [2.05, 4.69) is 15.9 Å². The summed E-state index contributed by atoms with van der Waals surface area (Å²) in [6.45, 7) is 1.82. The van der Waals surface area contributed by atoms with Gasteiger partial charge in [-0.15, -0.1) is 0 Å². The number of carbonyl (C=O) groups excluding carboxylic acids is 2. The molecular formula is C7H10BrNO2. The molecule has 1 aliphatic heterocycles. The van der Waals surface area contributed by atoms with E-state index in [0.717, 1.165) is 0 Å². The predicted molar refractivity (Wildman–Crippen MR) is 44.3 cm³/mol. The number of halogens is 1. The minimum absolute atomic E-state index is 0.0127. The van der Waals surface area contributed by atoms with Crippen molar-refractivity contribution >= 4 is 27.7 Å². The van der Waals surface area contributed by atoms with Gasteiger partial charge in [0.25, 0.3) is 0 Å². The Bertz CT molecular complexity index is 205. The van der Waals surface area contributed by atoms with Crippen molar-refractivity contribution in [3.8, 4) is 0 Å². The molecule has 1 heterocycles. The summed E-state index contributed by atoms with van der Waals surface area (Å²) < 4.78 is 0. The quantitative estimate of drug-likeness (QED) is 0.446. The number of piperidine rings is 1. The fourth-order valence-corrected chi connectivity index (χ4v) is 1.57. The third-order valence-electron chi connectivity index (χ3n) is 2.01. The van der Waals surface area contributed by atoms with Crippen LogP contribution in [-0.2, 0) is 9.59 Å². The van der Waals surface area contributed by atoms with E-state index in [1.165, 1.54) is 11.9 Å². The van der Waals surface area contributed by atoms with E-state index < -0.39 is 0 Å². The van der Waals surface area contributed by atoms with Crippen molar-refractivity contribution in [2.45, 2.75) is 18.2 Å². The first kappa shape index (κ1) is 8.71. The van der Waals surface area contributed by atoms with Gasteiger partial charge in [0.2, 0.25) is 11.8 Å². The fourth-order valence-electron chi connectivity index (χ4n) is 1.06. The zero-order chi connectivity index (χ0) is 8.59. The molecule has 2 unspecified atom stereocenters. The molecule has 0 aromatic rings. The third-order valence-corrected chi connectivity index (χ3v) is 3.12. The molecule has 0 aromatic carbocycles. The lowest BCUT2D eigenvalue weighted by molar-refractivity contribution is -0.148. The summed E-state index contributed by atoms with van der Waals surface area (Å²) in [5.41, 5.74) is 0. The molecule has 0 saturated carbocycles. The van der Waals surface area contributed by atoms with Crippen molar-refractivity contribution in [1.82, 2.24) is 4.90 Å². The van der Waals surface area contributed by atoms with E-state index in [4.69, 9.17) is 0 Å². The first-order valence-corrected chi connectivity index (χ1v) is 4.40. The molecule has 1 fully saturated rings. The lowest BCUT2D eigenvalue weighted by atomic mass is 9.99. The average Bonchev–Trinajstić information content (AvgIpc) is 1.97. The van der Waals surface area contributed by atoms with Crippen LogP contribution in [0.1, 0.15) is 13.3 Å². The van der Waals surface area contributed by atoms with Gasteiger partial charge < -0.3 is 0 Å². The molecule has 2 amide bonds. The van der Waals surface area contributed by atoms with E-state index in [1.54, 1.807) is 0 Å². The van der Waals surface area contributed by atoms with E-state index in [0.29, 0.717) is 6.42 Å². The summed E-state index contributed by atoms with van der Waals surface area (Å²) >= 11 is 3.29. The number of imide groups is 1. The second kappa shape index (κ2) is 2.93. The number of alkyl halides is 1. The topological polar surface area (TPSA) is 37.4 Å². The normalized spacial score (nSPS) is 32.8. The van der Waals surface area contributed by atoms with Crippen LogP contribution in [0.5, 0.6) is 0 Å². The van der Waals surface area contributed by atoms with Crippen LogP contribution in [0.15, 0.2) is 0 Å². The Kier molecular flexibility index (Phi) is 2.32. The Morgan fingerprint density at radius 3 is 2.64 bits per heavy atom. The summed E-state index contributed by atoms with van der Waals surface area (Å²) in [6.07, 6.45) is 0.420. The van der Waals surface area contributed by atoms with Crippen molar-refractivity contribution in [3.63, 3.8) is 0 Å². The molecule has 0 N–H and O–H groups in total. The van der Waals surface area contributed by atoms with Gasteiger partial charge in [0.15, 0.2) is 0 Å². The zero-order valence-corrected chi connectivity index (χ0v) is 8.09. The standard InChI is InChI=1S/C7H10BrNO2/c1-4-5(8)3-6(10)9(2)7(4)11/h4-5H,3H2,1-2H3. The summed E-state index contributed by atoms with van der Waals surface area (Å²) in [6, 6.07) is 0. The maximum atomic E-state index is 11.2. The highest BCUT2D eigenvalue weighted by molar-refractivity contribution is 9.09. The first-order valence-electron chi connectivity index (χ1n) is 3.48. The van der Waals surface area contributed by atoms with Gasteiger partial charge in [-0.3, -0.25) is 14.5 Å². The molecule has 1 aliphatic rings. The number of amides is 2. The maximum absolute atomic E-state index is 11.2. The highest BCUT2D eigenvalue weighted by Crippen LogP contribution is 2.24. The van der Waals surface area contributed by atoms with Gasteiger partial charge in [-0.2, -0.15) is 0 Å². The second-order valence-electron chi connectivity index (χ2n) is 2.80. The number of likely N-dealkylation sites (tertiary alicyclic amines) is 1. The van der Waals surface area contributed by atoms with Gasteiger partial charge >= 0.3 is 0 Å². The van der Waals surface area contributed by atoms with Gasteiger partial charge in [-0.25, -0.2) is 0 Å². The zero-order valence-electron chi connectivity index (χ0n) is 6.50. The van der Waals surface area contributed by atoms with Crippen molar-refractivity contribution in [1.29, 1.82) is 0 Å². The van der Waals surface area contributed by atoms with Crippen LogP contribution in [0.2, 0.25) is 0 Å². The average molecular weight is 220 g/mol. The molecule has 3 nitrogen and oxygen atoms in total. The molecule has 1 rings (SSSR count). The fraction of sp³-hybridized carbons (Fsp3) is 0.714. The molecule has 0 spiro atoms. The van der Waals surface area contributed by atoms with Crippen LogP contribution in [0, 0.1) is 5.92 Å². The van der Waals surface area contributed by atoms with E-state index in [-0.39, 0.29) is 22.6 Å². The molecular weight excluding hydrogens is 210 g/mol. The van der Waals surface area contributed by atoms with Crippen molar-refractivity contribution in [3.05, 3.63) is 0 Å². The number of rotatable bonds is 0. The van der Waals surface area contributed by atoms with Gasteiger partial charge in [0.05, 0.1) is 0 Å². The third kappa shape index (κ3) is 1.45. The molecule has 62 valence electrons. The largest absolute Gasteiger partial charge is 0.285 e. The summed E-state index contributed by atoms with van der Waals surface area (Å²) in [4.78, 5) is 23.5. The van der Waals surface area contributed by atoms with Crippen LogP contribution in [-0.4, -0.2) is 28.6 Å². The Hall–Kier alpha value is -0.380. The molecule has 0 aliphatic carbocycles. The summed E-state index contributed by atoms with van der Waals surface area (Å²) in [5.74, 6) is -0.282.